The van der Waals surface area contributed by atoms with E-state index in [-0.39, 0.29) is 18.3 Å². The van der Waals surface area contributed by atoms with E-state index in [1.54, 1.807) is 0 Å². The zero-order chi connectivity index (χ0) is 14.8. The molecule has 1 aliphatic heterocycles. The molecule has 1 aromatic carbocycles. The third-order valence-electron chi connectivity index (χ3n) is 4.79. The maximum Gasteiger partial charge on any atom is 0.226 e. The number of carbonyl (C=O) groups is 1. The molecule has 2 atom stereocenters. The Morgan fingerprint density at radius 3 is 2.59 bits per heavy atom. The molecule has 2 unspecified atom stereocenters. The molecule has 1 saturated carbocycles. The summed E-state index contributed by atoms with van der Waals surface area (Å²) in [6.07, 6.45) is 2.11. The molecular formula is C18H27ClN2O. The second-order valence-corrected chi connectivity index (χ2v) is 6.70. The number of hydrogen-bond donors (Lipinski definition) is 1. The predicted octanol–water partition coefficient (Wildman–Crippen LogP) is 3.16. The number of hydrogen-bond acceptors (Lipinski definition) is 2. The average Bonchev–Trinajstić information content (AvgIpc) is 3.30. The van der Waals surface area contributed by atoms with Crippen molar-refractivity contribution in [1.82, 2.24) is 10.2 Å². The minimum Gasteiger partial charge on any atom is -0.341 e. The Labute approximate surface area is 139 Å². The quantitative estimate of drug-likeness (QED) is 0.927. The number of nitrogens with one attached hydrogen (secondary N) is 1. The summed E-state index contributed by atoms with van der Waals surface area (Å²) in [4.78, 5) is 14.6. The molecular weight excluding hydrogens is 296 g/mol. The number of carbonyl (C=O) groups excluding carboxylic acids is 1. The number of amides is 1. The standard InChI is InChI=1S/C18H26N2O.ClH/c1-13(2)14-4-6-15(7-5-14)16-12-17(16)18(21)20-10-3-8-19-9-11-20;/h4-7,13,16-17,19H,3,8-12H2,1-2H3;1H. The molecule has 3 rings (SSSR count). The topological polar surface area (TPSA) is 32.3 Å². The third kappa shape index (κ3) is 3.82. The molecule has 1 aliphatic carbocycles. The van der Waals surface area contributed by atoms with Gasteiger partial charge in [0.05, 0.1) is 0 Å². The first kappa shape index (κ1) is 17.3. The maximum atomic E-state index is 12.6. The van der Waals surface area contributed by atoms with Gasteiger partial charge in [0.2, 0.25) is 5.91 Å². The van der Waals surface area contributed by atoms with Gasteiger partial charge in [-0.2, -0.15) is 0 Å². The summed E-state index contributed by atoms with van der Waals surface area (Å²) in [5.74, 6) is 1.62. The van der Waals surface area contributed by atoms with Crippen LogP contribution in [0.25, 0.3) is 0 Å². The number of rotatable bonds is 3. The largest absolute Gasteiger partial charge is 0.341 e. The smallest absolute Gasteiger partial charge is 0.226 e. The summed E-state index contributed by atoms with van der Waals surface area (Å²) in [6, 6.07) is 8.87. The van der Waals surface area contributed by atoms with Gasteiger partial charge in [0.1, 0.15) is 0 Å². The Balaban J connectivity index is 0.00000176. The van der Waals surface area contributed by atoms with Crippen LogP contribution < -0.4 is 5.32 Å². The first-order chi connectivity index (χ1) is 10.2. The molecule has 1 heterocycles. The number of benzene rings is 1. The molecule has 2 aliphatic rings. The van der Waals surface area contributed by atoms with Gasteiger partial charge in [0, 0.05) is 25.6 Å². The van der Waals surface area contributed by atoms with Gasteiger partial charge in [-0.15, -0.1) is 12.4 Å². The lowest BCUT2D eigenvalue weighted by atomic mass is 10.00. The van der Waals surface area contributed by atoms with Crippen molar-refractivity contribution >= 4 is 18.3 Å². The third-order valence-corrected chi connectivity index (χ3v) is 4.79. The molecule has 0 aromatic heterocycles. The molecule has 1 aromatic rings. The van der Waals surface area contributed by atoms with Gasteiger partial charge in [0.25, 0.3) is 0 Å². The molecule has 4 heteroatoms. The fraction of sp³-hybridized carbons (Fsp3) is 0.611. The van der Waals surface area contributed by atoms with Crippen LogP contribution in [0.15, 0.2) is 24.3 Å². The summed E-state index contributed by atoms with van der Waals surface area (Å²) in [5, 5.41) is 3.36. The summed E-state index contributed by atoms with van der Waals surface area (Å²) in [5.41, 5.74) is 2.71. The van der Waals surface area contributed by atoms with Gasteiger partial charge in [-0.25, -0.2) is 0 Å². The van der Waals surface area contributed by atoms with E-state index in [1.165, 1.54) is 11.1 Å². The van der Waals surface area contributed by atoms with Gasteiger partial charge >= 0.3 is 0 Å². The first-order valence-corrected chi connectivity index (χ1v) is 8.26. The minimum absolute atomic E-state index is 0. The second-order valence-electron chi connectivity index (χ2n) is 6.70. The second kappa shape index (κ2) is 7.47. The zero-order valence-electron chi connectivity index (χ0n) is 13.5. The van der Waals surface area contributed by atoms with E-state index < -0.39 is 0 Å². The number of nitrogens with zero attached hydrogens (tertiary/aromatic N) is 1. The van der Waals surface area contributed by atoms with Crippen LogP contribution in [0.2, 0.25) is 0 Å². The lowest BCUT2D eigenvalue weighted by molar-refractivity contribution is -0.132. The van der Waals surface area contributed by atoms with E-state index in [4.69, 9.17) is 0 Å². The normalized spacial score (nSPS) is 24.6. The monoisotopic (exact) mass is 322 g/mol. The Morgan fingerprint density at radius 1 is 1.18 bits per heavy atom. The van der Waals surface area contributed by atoms with E-state index in [1.807, 2.05) is 0 Å². The van der Waals surface area contributed by atoms with Crippen molar-refractivity contribution in [3.05, 3.63) is 35.4 Å². The highest BCUT2D eigenvalue weighted by Gasteiger charge is 2.45. The van der Waals surface area contributed by atoms with E-state index in [9.17, 15) is 4.79 Å². The Kier molecular flexibility index (Phi) is 5.87. The number of halogens is 1. The van der Waals surface area contributed by atoms with Crippen LogP contribution in [0.1, 0.15) is 49.7 Å². The molecule has 22 heavy (non-hydrogen) atoms. The highest BCUT2D eigenvalue weighted by atomic mass is 35.5. The van der Waals surface area contributed by atoms with E-state index in [2.05, 4.69) is 48.3 Å². The summed E-state index contributed by atoms with van der Waals surface area (Å²) >= 11 is 0. The molecule has 0 spiro atoms. The van der Waals surface area contributed by atoms with Gasteiger partial charge in [-0.1, -0.05) is 38.1 Å². The highest BCUT2D eigenvalue weighted by Crippen LogP contribution is 2.48. The van der Waals surface area contributed by atoms with E-state index in [0.29, 0.717) is 17.7 Å². The van der Waals surface area contributed by atoms with Crippen molar-refractivity contribution in [1.29, 1.82) is 0 Å². The molecule has 0 radical (unpaired) electrons. The van der Waals surface area contributed by atoms with Crippen molar-refractivity contribution in [2.45, 2.75) is 38.5 Å². The SMILES string of the molecule is CC(C)c1ccc(C2CC2C(=O)N2CCCNCC2)cc1.Cl. The molecule has 1 N–H and O–H groups in total. The molecule has 3 nitrogen and oxygen atoms in total. The molecule has 1 saturated heterocycles. The summed E-state index contributed by atoms with van der Waals surface area (Å²) in [6.45, 7) is 8.19. The Hall–Kier alpha value is -1.06. The fourth-order valence-corrected chi connectivity index (χ4v) is 3.27. The van der Waals surface area contributed by atoms with Crippen LogP contribution in [0.5, 0.6) is 0 Å². The lowest BCUT2D eigenvalue weighted by Crippen LogP contribution is -2.35. The molecule has 0 bridgehead atoms. The van der Waals surface area contributed by atoms with Crippen LogP contribution in [0, 0.1) is 5.92 Å². The molecule has 122 valence electrons. The van der Waals surface area contributed by atoms with Gasteiger partial charge in [0.15, 0.2) is 0 Å². The fourth-order valence-electron chi connectivity index (χ4n) is 3.27. The molecule has 2 fully saturated rings. The lowest BCUT2D eigenvalue weighted by Gasteiger charge is -2.20. The Bertz CT molecular complexity index is 492. The van der Waals surface area contributed by atoms with Gasteiger partial charge in [-0.3, -0.25) is 4.79 Å². The van der Waals surface area contributed by atoms with Crippen LogP contribution >= 0.6 is 12.4 Å². The summed E-state index contributed by atoms with van der Waals surface area (Å²) in [7, 11) is 0. The average molecular weight is 323 g/mol. The van der Waals surface area contributed by atoms with E-state index in [0.717, 1.165) is 39.0 Å². The van der Waals surface area contributed by atoms with Crippen molar-refractivity contribution in [3.8, 4) is 0 Å². The van der Waals surface area contributed by atoms with Crippen molar-refractivity contribution in [3.63, 3.8) is 0 Å². The summed E-state index contributed by atoms with van der Waals surface area (Å²) < 4.78 is 0. The van der Waals surface area contributed by atoms with Crippen LogP contribution in [0.3, 0.4) is 0 Å². The predicted molar refractivity (Wildman–Crippen MR) is 92.7 cm³/mol. The minimum atomic E-state index is 0. The van der Waals surface area contributed by atoms with Crippen molar-refractivity contribution in [2.24, 2.45) is 5.92 Å². The highest BCUT2D eigenvalue weighted by molar-refractivity contribution is 5.85. The van der Waals surface area contributed by atoms with Gasteiger partial charge in [-0.05, 0) is 42.3 Å². The van der Waals surface area contributed by atoms with E-state index >= 15 is 0 Å². The van der Waals surface area contributed by atoms with Gasteiger partial charge < -0.3 is 10.2 Å². The van der Waals surface area contributed by atoms with Crippen molar-refractivity contribution in [2.75, 3.05) is 26.2 Å². The first-order valence-electron chi connectivity index (χ1n) is 8.26. The van der Waals surface area contributed by atoms with Crippen molar-refractivity contribution < 1.29 is 4.79 Å². The zero-order valence-corrected chi connectivity index (χ0v) is 14.4. The van der Waals surface area contributed by atoms with Crippen LogP contribution in [0.4, 0.5) is 0 Å². The Morgan fingerprint density at radius 2 is 1.91 bits per heavy atom. The van der Waals surface area contributed by atoms with Crippen LogP contribution in [-0.4, -0.2) is 37.0 Å². The molecule has 1 amide bonds. The van der Waals surface area contributed by atoms with Crippen LogP contribution in [-0.2, 0) is 4.79 Å². The maximum absolute atomic E-state index is 12.6.